The Morgan fingerprint density at radius 1 is 0.333 bits per heavy atom. The zero-order valence-corrected chi connectivity index (χ0v) is 56.9. The third kappa shape index (κ3) is 69.2. The predicted molar refractivity (Wildman–Crippen MR) is 370 cm³/mol. The molecule has 2 atom stereocenters. The van der Waals surface area contributed by atoms with Crippen LogP contribution in [0.1, 0.15) is 425 Å². The minimum atomic E-state index is -0.842. The van der Waals surface area contributed by atoms with Crippen LogP contribution in [0.5, 0.6) is 0 Å². The minimum absolute atomic E-state index is 0.00792. The highest BCUT2D eigenvalue weighted by Crippen LogP contribution is 2.19. The lowest BCUT2D eigenvalue weighted by Crippen LogP contribution is -2.45. The van der Waals surface area contributed by atoms with Crippen LogP contribution >= 0.6 is 0 Å². The Kier molecular flexibility index (Phi) is 71.9. The lowest BCUT2D eigenvalue weighted by molar-refractivity contribution is -0.143. The maximum absolute atomic E-state index is 12.5. The van der Waals surface area contributed by atoms with E-state index in [1.165, 1.54) is 347 Å². The summed E-state index contributed by atoms with van der Waals surface area (Å²) in [6, 6.07) is -0.625. The summed E-state index contributed by atoms with van der Waals surface area (Å²) in [5.41, 5.74) is 0. The zero-order chi connectivity index (χ0) is 60.6. The zero-order valence-electron chi connectivity index (χ0n) is 56.9. The molecular formula is C78H149NO5. The number of unbranched alkanes of at least 4 members (excludes halogenated alkanes) is 57. The number of hydrogen-bond donors (Lipinski definition) is 3. The van der Waals surface area contributed by atoms with Crippen molar-refractivity contribution in [3.63, 3.8) is 0 Å². The maximum atomic E-state index is 12.5. The molecule has 6 heteroatoms. The fraction of sp³-hybridized carbons (Fsp3) is 0.897. The second-order valence-electron chi connectivity index (χ2n) is 26.3. The number of allylic oxidation sites excluding steroid dienone is 5. The van der Waals surface area contributed by atoms with E-state index in [0.29, 0.717) is 19.4 Å². The Balaban J connectivity index is 3.34. The number of hydrogen-bond acceptors (Lipinski definition) is 5. The third-order valence-electron chi connectivity index (χ3n) is 17.9. The van der Waals surface area contributed by atoms with Gasteiger partial charge >= 0.3 is 5.97 Å². The van der Waals surface area contributed by atoms with Crippen LogP contribution in [0.4, 0.5) is 0 Å². The van der Waals surface area contributed by atoms with Crippen molar-refractivity contribution >= 4 is 11.9 Å². The van der Waals surface area contributed by atoms with Crippen LogP contribution in [0, 0.1) is 0 Å². The highest BCUT2D eigenvalue weighted by molar-refractivity contribution is 5.76. The van der Waals surface area contributed by atoms with Crippen molar-refractivity contribution in [3.05, 3.63) is 36.5 Å². The van der Waals surface area contributed by atoms with E-state index in [2.05, 4.69) is 43.5 Å². The van der Waals surface area contributed by atoms with Crippen molar-refractivity contribution in [3.8, 4) is 0 Å². The number of esters is 1. The minimum Gasteiger partial charge on any atom is -0.466 e. The van der Waals surface area contributed by atoms with E-state index in [-0.39, 0.29) is 18.5 Å². The van der Waals surface area contributed by atoms with Crippen LogP contribution in [0.2, 0.25) is 0 Å². The molecule has 0 heterocycles. The number of aliphatic hydroxyl groups is 2. The quantitative estimate of drug-likeness (QED) is 0.0320. The van der Waals surface area contributed by atoms with Crippen LogP contribution in [0.25, 0.3) is 0 Å². The van der Waals surface area contributed by atoms with Crippen LogP contribution in [0.3, 0.4) is 0 Å². The Morgan fingerprint density at radius 3 is 0.929 bits per heavy atom. The summed E-state index contributed by atoms with van der Waals surface area (Å²) in [5, 5.41) is 23.3. The second kappa shape index (κ2) is 73.5. The number of nitrogens with one attached hydrogen (secondary N) is 1. The monoisotopic (exact) mass is 1180 g/mol. The summed E-state index contributed by atoms with van der Waals surface area (Å²) in [6.07, 6.45) is 95.4. The lowest BCUT2D eigenvalue weighted by Gasteiger charge is -2.20. The number of amides is 1. The number of aliphatic hydroxyl groups excluding tert-OH is 2. The first-order valence-electron chi connectivity index (χ1n) is 38.3. The van der Waals surface area contributed by atoms with E-state index in [1.54, 1.807) is 6.08 Å². The van der Waals surface area contributed by atoms with Crippen molar-refractivity contribution in [2.24, 2.45) is 0 Å². The van der Waals surface area contributed by atoms with E-state index >= 15 is 0 Å². The van der Waals surface area contributed by atoms with E-state index in [0.717, 1.165) is 51.4 Å². The summed E-state index contributed by atoms with van der Waals surface area (Å²) in [4.78, 5) is 24.6. The van der Waals surface area contributed by atoms with Gasteiger partial charge in [-0.1, -0.05) is 384 Å². The lowest BCUT2D eigenvalue weighted by atomic mass is 10.0. The molecule has 0 fully saturated rings. The molecule has 0 rings (SSSR count). The normalized spacial score (nSPS) is 12.7. The molecule has 496 valence electrons. The SMILES string of the molecule is CCCCC/C=C\C/C=C\CCCCCCCC(=O)OCCCCCCCCCCCCCCCCCCCCCCCCCCCCCCCCCCCC(=O)NC(CO)C(O)/C=C/CCCCCCCCCCCCCCCCCCC. The molecule has 0 bridgehead atoms. The molecule has 0 aliphatic rings. The summed E-state index contributed by atoms with van der Waals surface area (Å²) in [5.74, 6) is -0.0514. The Morgan fingerprint density at radius 2 is 0.595 bits per heavy atom. The summed E-state index contributed by atoms with van der Waals surface area (Å²) in [7, 11) is 0. The van der Waals surface area contributed by atoms with Gasteiger partial charge in [-0.2, -0.15) is 0 Å². The Bertz CT molecular complexity index is 1360. The van der Waals surface area contributed by atoms with Gasteiger partial charge in [-0.3, -0.25) is 9.59 Å². The van der Waals surface area contributed by atoms with Gasteiger partial charge in [-0.15, -0.1) is 0 Å². The van der Waals surface area contributed by atoms with Gasteiger partial charge in [0.15, 0.2) is 0 Å². The molecule has 0 radical (unpaired) electrons. The highest BCUT2D eigenvalue weighted by atomic mass is 16.5. The van der Waals surface area contributed by atoms with Crippen molar-refractivity contribution in [1.82, 2.24) is 5.32 Å². The van der Waals surface area contributed by atoms with Crippen LogP contribution in [-0.4, -0.2) is 47.4 Å². The molecule has 3 N–H and O–H groups in total. The van der Waals surface area contributed by atoms with E-state index in [1.807, 2.05) is 6.08 Å². The molecule has 0 saturated carbocycles. The van der Waals surface area contributed by atoms with E-state index in [9.17, 15) is 19.8 Å². The molecule has 0 aliphatic carbocycles. The number of carbonyl (C=O) groups is 2. The molecule has 0 aromatic carbocycles. The van der Waals surface area contributed by atoms with E-state index in [4.69, 9.17) is 4.74 Å². The van der Waals surface area contributed by atoms with Gasteiger partial charge in [0.2, 0.25) is 5.91 Å². The number of ether oxygens (including phenoxy) is 1. The molecule has 0 saturated heterocycles. The van der Waals surface area contributed by atoms with Crippen LogP contribution in [-0.2, 0) is 14.3 Å². The number of rotatable bonds is 72. The van der Waals surface area contributed by atoms with Crippen molar-refractivity contribution in [2.45, 2.75) is 437 Å². The van der Waals surface area contributed by atoms with E-state index < -0.39 is 12.1 Å². The van der Waals surface area contributed by atoms with Crippen LogP contribution in [0.15, 0.2) is 36.5 Å². The van der Waals surface area contributed by atoms with Crippen LogP contribution < -0.4 is 5.32 Å². The average molecular weight is 1180 g/mol. The van der Waals surface area contributed by atoms with Gasteiger partial charge in [-0.25, -0.2) is 0 Å². The molecule has 0 aromatic heterocycles. The second-order valence-corrected chi connectivity index (χ2v) is 26.3. The molecule has 0 aliphatic heterocycles. The average Bonchev–Trinajstić information content (AvgIpc) is 3.51. The molecule has 0 aromatic rings. The van der Waals surface area contributed by atoms with Crippen molar-refractivity contribution in [2.75, 3.05) is 13.2 Å². The fourth-order valence-electron chi connectivity index (χ4n) is 12.1. The van der Waals surface area contributed by atoms with Crippen molar-refractivity contribution < 1.29 is 24.5 Å². The first-order valence-corrected chi connectivity index (χ1v) is 38.3. The summed E-state index contributed by atoms with van der Waals surface area (Å²) < 4.78 is 5.49. The first kappa shape index (κ1) is 82.1. The highest BCUT2D eigenvalue weighted by Gasteiger charge is 2.18. The summed E-state index contributed by atoms with van der Waals surface area (Å²) >= 11 is 0. The number of carbonyl (C=O) groups excluding carboxylic acids is 2. The van der Waals surface area contributed by atoms with Gasteiger partial charge in [0.25, 0.3) is 0 Å². The molecule has 2 unspecified atom stereocenters. The van der Waals surface area contributed by atoms with Gasteiger partial charge in [-0.05, 0) is 64.2 Å². The van der Waals surface area contributed by atoms with Gasteiger partial charge in [0.1, 0.15) is 0 Å². The molecule has 1 amide bonds. The molecule has 84 heavy (non-hydrogen) atoms. The van der Waals surface area contributed by atoms with Crippen molar-refractivity contribution in [1.29, 1.82) is 0 Å². The van der Waals surface area contributed by atoms with Gasteiger partial charge in [0, 0.05) is 12.8 Å². The topological polar surface area (TPSA) is 95.9 Å². The Hall–Kier alpha value is -1.92. The smallest absolute Gasteiger partial charge is 0.305 e. The predicted octanol–water partition coefficient (Wildman–Crippen LogP) is 25.0. The maximum Gasteiger partial charge on any atom is 0.305 e. The Labute approximate surface area is 525 Å². The molecule has 6 nitrogen and oxygen atoms in total. The largest absolute Gasteiger partial charge is 0.466 e. The summed E-state index contributed by atoms with van der Waals surface area (Å²) in [6.45, 7) is 4.91. The van der Waals surface area contributed by atoms with Gasteiger partial charge in [0.05, 0.1) is 25.4 Å². The van der Waals surface area contributed by atoms with Gasteiger partial charge < -0.3 is 20.3 Å². The molecular weight excluding hydrogens is 1030 g/mol. The molecule has 0 spiro atoms. The standard InChI is InChI=1S/C78H149NO5/c1-3-5-7-9-11-13-15-17-19-20-36-39-43-46-50-54-58-62-66-70-76(81)75(74-80)79-77(82)71-67-63-59-55-51-47-44-40-37-34-32-30-28-26-24-22-21-23-25-27-29-31-33-35-38-41-45-49-53-57-61-65-69-73-84-78(83)72-68-64-60-56-52-48-42-18-16-14-12-10-8-6-4-2/h12,14,18,42,66,70,75-76,80-81H,3-11,13,15-17,19-41,43-65,67-69,71-74H2,1-2H3,(H,79,82)/b14-12-,42-18-,70-66+. The fourth-order valence-corrected chi connectivity index (χ4v) is 12.1. The first-order chi connectivity index (χ1) is 41.5. The third-order valence-corrected chi connectivity index (χ3v) is 17.9.